The second kappa shape index (κ2) is 5.70. The van der Waals surface area contributed by atoms with Gasteiger partial charge in [-0.2, -0.15) is 0 Å². The van der Waals surface area contributed by atoms with Crippen molar-refractivity contribution in [2.75, 3.05) is 0 Å². The molecule has 19 heavy (non-hydrogen) atoms. The normalized spacial score (nSPS) is 16.5. The summed E-state index contributed by atoms with van der Waals surface area (Å²) in [6, 6.07) is 8.15. The minimum atomic E-state index is -0.587. The molecule has 2 rings (SSSR count). The summed E-state index contributed by atoms with van der Waals surface area (Å²) < 4.78 is 0. The Balaban J connectivity index is 2.02. The van der Waals surface area contributed by atoms with Crippen LogP contribution < -0.4 is 11.1 Å². The minimum absolute atomic E-state index is 0.0165. The van der Waals surface area contributed by atoms with Crippen molar-refractivity contribution < 1.29 is 4.79 Å². The van der Waals surface area contributed by atoms with Gasteiger partial charge in [0.1, 0.15) is 0 Å². The monoisotopic (exact) mass is 276 g/mol. The highest BCUT2D eigenvalue weighted by molar-refractivity contribution is 7.80. The third-order valence-corrected chi connectivity index (χ3v) is 4.44. The molecule has 0 spiro atoms. The smallest absolute Gasteiger partial charge is 0.233 e. The lowest BCUT2D eigenvalue weighted by Crippen LogP contribution is -2.52. The summed E-state index contributed by atoms with van der Waals surface area (Å²) in [7, 11) is 0. The molecule has 0 bridgehead atoms. The van der Waals surface area contributed by atoms with Crippen molar-refractivity contribution in [3.63, 3.8) is 0 Å². The first-order valence-corrected chi connectivity index (χ1v) is 7.16. The molecule has 1 aromatic rings. The van der Waals surface area contributed by atoms with Gasteiger partial charge < -0.3 is 11.1 Å². The van der Waals surface area contributed by atoms with Crippen LogP contribution in [0, 0.1) is 5.41 Å². The number of hydrogen-bond acceptors (Lipinski definition) is 2. The lowest BCUT2D eigenvalue weighted by molar-refractivity contribution is -0.131. The summed E-state index contributed by atoms with van der Waals surface area (Å²) in [4.78, 5) is 12.6. The van der Waals surface area contributed by atoms with Crippen LogP contribution in [0.4, 0.5) is 0 Å². The summed E-state index contributed by atoms with van der Waals surface area (Å²) in [6.45, 7) is 2.66. The summed E-state index contributed by atoms with van der Waals surface area (Å²) in [5, 5.41) is 2.99. The van der Waals surface area contributed by atoms with Crippen LogP contribution in [0.2, 0.25) is 0 Å². The maximum atomic E-state index is 12.3. The van der Waals surface area contributed by atoms with E-state index in [0.717, 1.165) is 31.2 Å². The van der Waals surface area contributed by atoms with E-state index >= 15 is 0 Å². The van der Waals surface area contributed by atoms with Gasteiger partial charge in [0, 0.05) is 6.54 Å². The molecule has 0 heterocycles. The van der Waals surface area contributed by atoms with E-state index < -0.39 is 5.41 Å². The topological polar surface area (TPSA) is 55.1 Å². The highest BCUT2D eigenvalue weighted by atomic mass is 32.1. The van der Waals surface area contributed by atoms with Crippen LogP contribution in [0.1, 0.15) is 37.3 Å². The first-order valence-electron chi connectivity index (χ1n) is 6.75. The zero-order valence-electron chi connectivity index (χ0n) is 11.2. The Kier molecular flexibility index (Phi) is 4.20. The van der Waals surface area contributed by atoms with Gasteiger partial charge >= 0.3 is 0 Å². The van der Waals surface area contributed by atoms with Crippen molar-refractivity contribution in [1.82, 2.24) is 5.32 Å². The Morgan fingerprint density at radius 3 is 2.47 bits per heavy atom. The fourth-order valence-electron chi connectivity index (χ4n) is 2.54. The molecular formula is C15H20N2OS. The first-order chi connectivity index (χ1) is 9.10. The number of aryl methyl sites for hydroxylation is 1. The number of carbonyl (C=O) groups is 1. The van der Waals surface area contributed by atoms with Crippen LogP contribution in [-0.4, -0.2) is 10.9 Å². The average Bonchev–Trinajstić information content (AvgIpc) is 2.34. The molecule has 1 aliphatic carbocycles. The van der Waals surface area contributed by atoms with Crippen molar-refractivity contribution in [2.45, 2.75) is 39.2 Å². The summed E-state index contributed by atoms with van der Waals surface area (Å²) in [5.74, 6) is -0.0165. The Morgan fingerprint density at radius 2 is 2.00 bits per heavy atom. The third-order valence-electron chi connectivity index (χ3n) is 4.05. The number of nitrogens with two attached hydrogens (primary N) is 1. The molecule has 0 saturated heterocycles. The van der Waals surface area contributed by atoms with Gasteiger partial charge in [-0.15, -0.1) is 0 Å². The number of benzene rings is 1. The highest BCUT2D eigenvalue weighted by Crippen LogP contribution is 2.41. The van der Waals surface area contributed by atoms with E-state index in [4.69, 9.17) is 18.0 Å². The SMILES string of the molecule is CCc1ccccc1CNC(=O)C1(C(N)=S)CCC1. The molecule has 3 nitrogen and oxygen atoms in total. The second-order valence-electron chi connectivity index (χ2n) is 5.10. The van der Waals surface area contributed by atoms with E-state index in [2.05, 4.69) is 18.3 Å². The average molecular weight is 276 g/mol. The van der Waals surface area contributed by atoms with Gasteiger partial charge in [0.25, 0.3) is 0 Å². The minimum Gasteiger partial charge on any atom is -0.392 e. The largest absolute Gasteiger partial charge is 0.392 e. The van der Waals surface area contributed by atoms with E-state index in [1.807, 2.05) is 18.2 Å². The lowest BCUT2D eigenvalue weighted by Gasteiger charge is -2.39. The van der Waals surface area contributed by atoms with Gasteiger partial charge in [-0.05, 0) is 30.4 Å². The molecule has 0 unspecified atom stereocenters. The van der Waals surface area contributed by atoms with E-state index in [9.17, 15) is 4.79 Å². The fraction of sp³-hybridized carbons (Fsp3) is 0.467. The number of nitrogens with one attached hydrogen (secondary N) is 1. The van der Waals surface area contributed by atoms with Gasteiger partial charge in [-0.3, -0.25) is 4.79 Å². The summed E-state index contributed by atoms with van der Waals surface area (Å²) in [5.41, 5.74) is 7.57. The van der Waals surface area contributed by atoms with Gasteiger partial charge in [-0.25, -0.2) is 0 Å². The van der Waals surface area contributed by atoms with Crippen LogP contribution in [0.25, 0.3) is 0 Å². The summed E-state index contributed by atoms with van der Waals surface area (Å²) >= 11 is 5.05. The Hall–Kier alpha value is -1.42. The molecule has 0 atom stereocenters. The number of thiocarbonyl (C=S) groups is 1. The molecule has 0 aromatic heterocycles. The second-order valence-corrected chi connectivity index (χ2v) is 5.54. The van der Waals surface area contributed by atoms with Crippen molar-refractivity contribution in [2.24, 2.45) is 11.1 Å². The van der Waals surface area contributed by atoms with Gasteiger partial charge in [0.2, 0.25) is 5.91 Å². The number of rotatable bonds is 5. The summed E-state index contributed by atoms with van der Waals surface area (Å²) in [6.07, 6.45) is 3.55. The Bertz CT molecular complexity index is 495. The van der Waals surface area contributed by atoms with Crippen LogP contribution in [0.15, 0.2) is 24.3 Å². The van der Waals surface area contributed by atoms with Crippen molar-refractivity contribution >= 4 is 23.1 Å². The fourth-order valence-corrected chi connectivity index (χ4v) is 2.83. The van der Waals surface area contributed by atoms with Crippen LogP contribution in [0.5, 0.6) is 0 Å². The molecule has 1 aromatic carbocycles. The quantitative estimate of drug-likeness (QED) is 0.812. The zero-order chi connectivity index (χ0) is 13.9. The van der Waals surface area contributed by atoms with Crippen molar-refractivity contribution in [1.29, 1.82) is 0 Å². The molecule has 3 N–H and O–H groups in total. The molecule has 1 saturated carbocycles. The predicted molar refractivity (Wildman–Crippen MR) is 80.7 cm³/mol. The number of amides is 1. The molecule has 1 fully saturated rings. The van der Waals surface area contributed by atoms with Crippen molar-refractivity contribution in [3.8, 4) is 0 Å². The van der Waals surface area contributed by atoms with Crippen LogP contribution in [-0.2, 0) is 17.8 Å². The first kappa shape index (κ1) is 14.0. The standard InChI is InChI=1S/C15H20N2OS/c1-2-11-6-3-4-7-12(11)10-17-14(18)15(13(16)19)8-5-9-15/h3-4,6-7H,2,5,8-10H2,1H3,(H2,16,19)(H,17,18). The van der Waals surface area contributed by atoms with E-state index in [1.54, 1.807) is 0 Å². The van der Waals surface area contributed by atoms with Crippen molar-refractivity contribution in [3.05, 3.63) is 35.4 Å². The van der Waals surface area contributed by atoms with Crippen LogP contribution in [0.3, 0.4) is 0 Å². The molecule has 4 heteroatoms. The maximum Gasteiger partial charge on any atom is 0.233 e. The number of carbonyl (C=O) groups excluding carboxylic acids is 1. The van der Waals surface area contributed by atoms with E-state index in [0.29, 0.717) is 11.5 Å². The predicted octanol–water partition coefficient (Wildman–Crippen LogP) is 2.32. The van der Waals surface area contributed by atoms with Gasteiger partial charge in [-0.1, -0.05) is 49.8 Å². The third kappa shape index (κ3) is 2.63. The maximum absolute atomic E-state index is 12.3. The molecule has 0 radical (unpaired) electrons. The van der Waals surface area contributed by atoms with Gasteiger partial charge in [0.15, 0.2) is 0 Å². The van der Waals surface area contributed by atoms with E-state index in [-0.39, 0.29) is 5.91 Å². The van der Waals surface area contributed by atoms with Gasteiger partial charge in [0.05, 0.1) is 10.4 Å². The highest BCUT2D eigenvalue weighted by Gasteiger charge is 2.46. The lowest BCUT2D eigenvalue weighted by atomic mass is 9.68. The Labute approximate surface area is 119 Å². The molecule has 1 amide bonds. The number of hydrogen-bond donors (Lipinski definition) is 2. The molecule has 0 aliphatic heterocycles. The van der Waals surface area contributed by atoms with Crippen LogP contribution >= 0.6 is 12.2 Å². The molecular weight excluding hydrogens is 256 g/mol. The zero-order valence-corrected chi connectivity index (χ0v) is 12.1. The van der Waals surface area contributed by atoms with E-state index in [1.165, 1.54) is 5.56 Å². The molecule has 1 aliphatic rings. The molecule has 102 valence electrons. The Morgan fingerprint density at radius 1 is 1.37 bits per heavy atom.